The van der Waals surface area contributed by atoms with Gasteiger partial charge in [0.25, 0.3) is 0 Å². The van der Waals surface area contributed by atoms with E-state index in [0.29, 0.717) is 13.0 Å². The Bertz CT molecular complexity index is 149. The lowest BCUT2D eigenvalue weighted by Crippen LogP contribution is -2.42. The Hall–Kier alpha value is -0.610. The SMILES string of the molecule is COC(=O)C1CCCCN1O. The minimum Gasteiger partial charge on any atom is -0.468 e. The minimum atomic E-state index is -0.436. The van der Waals surface area contributed by atoms with Gasteiger partial charge in [-0.25, -0.2) is 0 Å². The van der Waals surface area contributed by atoms with E-state index >= 15 is 0 Å². The van der Waals surface area contributed by atoms with Crippen molar-refractivity contribution in [1.82, 2.24) is 5.06 Å². The molecule has 0 aromatic heterocycles. The molecule has 0 radical (unpaired) electrons. The number of hydroxylamine groups is 2. The normalized spacial score (nSPS) is 26.5. The maximum atomic E-state index is 11.0. The second kappa shape index (κ2) is 3.69. The number of carbonyl (C=O) groups excluding carboxylic acids is 1. The van der Waals surface area contributed by atoms with Crippen LogP contribution in [0.25, 0.3) is 0 Å². The number of piperidine rings is 1. The minimum absolute atomic E-state index is 0.341. The number of rotatable bonds is 1. The molecule has 64 valence electrons. The molecular weight excluding hydrogens is 146 g/mol. The fourth-order valence-electron chi connectivity index (χ4n) is 1.29. The monoisotopic (exact) mass is 159 g/mol. The number of nitrogens with zero attached hydrogens (tertiary/aromatic N) is 1. The van der Waals surface area contributed by atoms with E-state index in [1.54, 1.807) is 0 Å². The highest BCUT2D eigenvalue weighted by atomic mass is 16.5. The number of carbonyl (C=O) groups is 1. The molecule has 4 nitrogen and oxygen atoms in total. The molecule has 1 unspecified atom stereocenters. The smallest absolute Gasteiger partial charge is 0.325 e. The first-order valence-corrected chi connectivity index (χ1v) is 3.79. The van der Waals surface area contributed by atoms with Crippen LogP contribution in [-0.4, -0.2) is 35.9 Å². The van der Waals surface area contributed by atoms with E-state index in [1.807, 2.05) is 0 Å². The third kappa shape index (κ3) is 1.91. The molecule has 0 bridgehead atoms. The molecule has 1 atom stereocenters. The van der Waals surface area contributed by atoms with Crippen molar-refractivity contribution in [3.05, 3.63) is 0 Å². The van der Waals surface area contributed by atoms with Gasteiger partial charge in [0.05, 0.1) is 7.11 Å². The molecule has 1 rings (SSSR count). The number of methoxy groups -OCH3 is 1. The lowest BCUT2D eigenvalue weighted by molar-refractivity contribution is -0.179. The zero-order valence-electron chi connectivity index (χ0n) is 6.62. The topological polar surface area (TPSA) is 49.8 Å². The maximum absolute atomic E-state index is 11.0. The molecule has 1 aliphatic heterocycles. The molecule has 1 heterocycles. The molecule has 4 heteroatoms. The van der Waals surface area contributed by atoms with E-state index in [2.05, 4.69) is 4.74 Å². The third-order valence-electron chi connectivity index (χ3n) is 1.95. The van der Waals surface area contributed by atoms with Crippen molar-refractivity contribution >= 4 is 5.97 Å². The summed E-state index contributed by atoms with van der Waals surface area (Å²) in [6, 6.07) is -0.436. The van der Waals surface area contributed by atoms with Gasteiger partial charge in [0.15, 0.2) is 0 Å². The second-order valence-corrected chi connectivity index (χ2v) is 2.70. The number of ether oxygens (including phenoxy) is 1. The van der Waals surface area contributed by atoms with Gasteiger partial charge in [-0.15, -0.1) is 0 Å². The Morgan fingerprint density at radius 1 is 1.64 bits per heavy atom. The van der Waals surface area contributed by atoms with Gasteiger partial charge in [-0.2, -0.15) is 5.06 Å². The first-order valence-electron chi connectivity index (χ1n) is 3.79. The summed E-state index contributed by atoms with van der Waals surface area (Å²) in [6.45, 7) is 0.569. The molecule has 11 heavy (non-hydrogen) atoms. The van der Waals surface area contributed by atoms with Crippen LogP contribution in [0.3, 0.4) is 0 Å². The van der Waals surface area contributed by atoms with Crippen LogP contribution in [0.2, 0.25) is 0 Å². The van der Waals surface area contributed by atoms with Crippen molar-refractivity contribution in [2.75, 3.05) is 13.7 Å². The van der Waals surface area contributed by atoms with Crippen molar-refractivity contribution in [2.45, 2.75) is 25.3 Å². The molecule has 1 fully saturated rings. The molecule has 0 saturated carbocycles. The van der Waals surface area contributed by atoms with Crippen molar-refractivity contribution in [3.63, 3.8) is 0 Å². The van der Waals surface area contributed by atoms with Crippen LogP contribution < -0.4 is 0 Å². The van der Waals surface area contributed by atoms with Crippen molar-refractivity contribution in [1.29, 1.82) is 0 Å². The summed E-state index contributed by atoms with van der Waals surface area (Å²) in [5.74, 6) is -0.341. The quantitative estimate of drug-likeness (QED) is 0.563. The molecule has 0 aromatic carbocycles. The molecule has 0 spiro atoms. The summed E-state index contributed by atoms with van der Waals surface area (Å²) in [6.07, 6.45) is 2.63. The van der Waals surface area contributed by atoms with Gasteiger partial charge in [0, 0.05) is 6.54 Å². The third-order valence-corrected chi connectivity index (χ3v) is 1.95. The van der Waals surface area contributed by atoms with Crippen LogP contribution in [-0.2, 0) is 9.53 Å². The first-order chi connectivity index (χ1) is 5.25. The van der Waals surface area contributed by atoms with Crippen molar-refractivity contribution in [3.8, 4) is 0 Å². The van der Waals surface area contributed by atoms with Gasteiger partial charge >= 0.3 is 5.97 Å². The Morgan fingerprint density at radius 2 is 2.36 bits per heavy atom. The number of esters is 1. The summed E-state index contributed by atoms with van der Waals surface area (Å²) in [4.78, 5) is 11.0. The highest BCUT2D eigenvalue weighted by molar-refractivity contribution is 5.75. The van der Waals surface area contributed by atoms with Gasteiger partial charge in [-0.05, 0) is 19.3 Å². The Kier molecular flexibility index (Phi) is 2.84. The zero-order valence-corrected chi connectivity index (χ0v) is 6.62. The van der Waals surface area contributed by atoms with Gasteiger partial charge < -0.3 is 9.94 Å². The van der Waals surface area contributed by atoms with Crippen LogP contribution in [0.1, 0.15) is 19.3 Å². The van der Waals surface area contributed by atoms with E-state index in [0.717, 1.165) is 17.9 Å². The predicted octanol–water partition coefficient (Wildman–Crippen LogP) is 0.403. The molecule has 0 aromatic rings. The summed E-state index contributed by atoms with van der Waals surface area (Å²) in [5, 5.41) is 10.3. The van der Waals surface area contributed by atoms with E-state index in [9.17, 15) is 10.0 Å². The highest BCUT2D eigenvalue weighted by Crippen LogP contribution is 2.15. The average molecular weight is 159 g/mol. The number of hydrogen-bond acceptors (Lipinski definition) is 4. The molecular formula is C7H13NO3. The van der Waals surface area contributed by atoms with Gasteiger partial charge in [-0.3, -0.25) is 4.79 Å². The van der Waals surface area contributed by atoms with E-state index in [-0.39, 0.29) is 5.97 Å². The second-order valence-electron chi connectivity index (χ2n) is 2.70. The zero-order chi connectivity index (χ0) is 8.27. The highest BCUT2D eigenvalue weighted by Gasteiger charge is 2.27. The van der Waals surface area contributed by atoms with Crippen LogP contribution in [0.4, 0.5) is 0 Å². The van der Waals surface area contributed by atoms with Crippen LogP contribution in [0.15, 0.2) is 0 Å². The Balaban J connectivity index is 2.47. The van der Waals surface area contributed by atoms with E-state index in [1.165, 1.54) is 7.11 Å². The molecule has 1 aliphatic rings. The Labute approximate surface area is 65.7 Å². The fourth-order valence-corrected chi connectivity index (χ4v) is 1.29. The summed E-state index contributed by atoms with van der Waals surface area (Å²) in [7, 11) is 1.34. The van der Waals surface area contributed by atoms with Crippen molar-refractivity contribution in [2.24, 2.45) is 0 Å². The average Bonchev–Trinajstić information content (AvgIpc) is 2.04. The standard InChI is InChI=1S/C7H13NO3/c1-11-7(9)6-4-2-3-5-8(6)10/h6,10H,2-5H2,1H3. The summed E-state index contributed by atoms with van der Waals surface area (Å²) in [5.41, 5.74) is 0. The van der Waals surface area contributed by atoms with Crippen LogP contribution in [0.5, 0.6) is 0 Å². The predicted molar refractivity (Wildman–Crippen MR) is 38.1 cm³/mol. The van der Waals surface area contributed by atoms with Gasteiger partial charge in [0.2, 0.25) is 0 Å². The maximum Gasteiger partial charge on any atom is 0.325 e. The summed E-state index contributed by atoms with van der Waals surface area (Å²) >= 11 is 0. The van der Waals surface area contributed by atoms with Crippen molar-refractivity contribution < 1.29 is 14.7 Å². The van der Waals surface area contributed by atoms with Gasteiger partial charge in [-0.1, -0.05) is 0 Å². The van der Waals surface area contributed by atoms with Crippen LogP contribution in [0, 0.1) is 0 Å². The molecule has 0 aliphatic carbocycles. The van der Waals surface area contributed by atoms with Crippen LogP contribution >= 0.6 is 0 Å². The van der Waals surface area contributed by atoms with E-state index < -0.39 is 6.04 Å². The molecule has 0 amide bonds. The summed E-state index contributed by atoms with van der Waals surface area (Å²) < 4.78 is 4.52. The number of hydrogen-bond donors (Lipinski definition) is 1. The fraction of sp³-hybridized carbons (Fsp3) is 0.857. The lowest BCUT2D eigenvalue weighted by atomic mass is 10.1. The molecule has 1 N–H and O–H groups in total. The molecule has 1 saturated heterocycles. The Morgan fingerprint density at radius 3 is 2.91 bits per heavy atom. The largest absolute Gasteiger partial charge is 0.468 e. The van der Waals surface area contributed by atoms with E-state index in [4.69, 9.17) is 0 Å². The lowest BCUT2D eigenvalue weighted by Gasteiger charge is -2.27. The first kappa shape index (κ1) is 8.49. The van der Waals surface area contributed by atoms with Gasteiger partial charge in [0.1, 0.15) is 6.04 Å².